The van der Waals surface area contributed by atoms with Crippen LogP contribution in [-0.2, 0) is 14.3 Å². The van der Waals surface area contributed by atoms with Crippen LogP contribution >= 0.6 is 0 Å². The molecule has 1 aromatic heterocycles. The van der Waals surface area contributed by atoms with Gasteiger partial charge in [0.05, 0.1) is 13.7 Å². The number of rotatable bonds is 6. The Morgan fingerprint density at radius 3 is 2.61 bits per heavy atom. The van der Waals surface area contributed by atoms with Gasteiger partial charge >= 0.3 is 5.97 Å². The summed E-state index contributed by atoms with van der Waals surface area (Å²) in [6, 6.07) is 5.50. The maximum atomic E-state index is 12.7. The highest BCUT2D eigenvalue weighted by Gasteiger charge is 2.20. The number of carbonyl (C=O) groups excluding carboxylic acids is 2. The van der Waals surface area contributed by atoms with Gasteiger partial charge in [-0.1, -0.05) is 0 Å². The minimum Gasteiger partial charge on any atom is -0.468 e. The minimum atomic E-state index is -0.454. The number of esters is 1. The Hall–Kier alpha value is -2.34. The molecule has 6 nitrogen and oxygen atoms in total. The normalized spacial score (nSPS) is 10.8. The number of nitrogens with one attached hydrogen (secondary N) is 1. The number of amides is 1. The molecule has 0 aliphatic rings. The molecule has 23 heavy (non-hydrogen) atoms. The Kier molecular flexibility index (Phi) is 5.39. The van der Waals surface area contributed by atoms with Gasteiger partial charge in [-0.2, -0.15) is 0 Å². The van der Waals surface area contributed by atoms with E-state index in [1.54, 1.807) is 13.2 Å². The molecule has 1 N–H and O–H groups in total. The largest absolute Gasteiger partial charge is 0.468 e. The van der Waals surface area contributed by atoms with Crippen LogP contribution in [0.2, 0.25) is 0 Å². The van der Waals surface area contributed by atoms with E-state index in [1.165, 1.54) is 12.0 Å². The topological polar surface area (TPSA) is 71.6 Å². The zero-order valence-corrected chi connectivity index (χ0v) is 13.9. The van der Waals surface area contributed by atoms with Crippen molar-refractivity contribution in [1.29, 1.82) is 0 Å². The lowest BCUT2D eigenvalue weighted by Crippen LogP contribution is -2.38. The van der Waals surface area contributed by atoms with Gasteiger partial charge in [-0.3, -0.25) is 9.59 Å². The van der Waals surface area contributed by atoms with E-state index in [0.717, 1.165) is 22.2 Å². The number of H-pyrrole nitrogens is 1. The summed E-state index contributed by atoms with van der Waals surface area (Å²) in [4.78, 5) is 29.0. The molecule has 1 heterocycles. The summed E-state index contributed by atoms with van der Waals surface area (Å²) in [6.45, 7) is 4.60. The van der Waals surface area contributed by atoms with E-state index in [-0.39, 0.29) is 12.5 Å². The first-order chi connectivity index (χ1) is 11.0. The van der Waals surface area contributed by atoms with Gasteiger partial charge in [0.15, 0.2) is 0 Å². The summed E-state index contributed by atoms with van der Waals surface area (Å²) < 4.78 is 9.68. The molecule has 1 amide bonds. The number of fused-ring (bicyclic) bond motifs is 1. The molecule has 0 spiro atoms. The lowest BCUT2D eigenvalue weighted by atomic mass is 10.1. The van der Waals surface area contributed by atoms with Crippen LogP contribution in [0, 0.1) is 13.8 Å². The summed E-state index contributed by atoms with van der Waals surface area (Å²) in [6.07, 6.45) is 0. The molecule has 0 aliphatic carbocycles. The quantitative estimate of drug-likeness (QED) is 0.828. The maximum absolute atomic E-state index is 12.7. The lowest BCUT2D eigenvalue weighted by molar-refractivity contribution is -0.141. The fourth-order valence-corrected chi connectivity index (χ4v) is 2.45. The molecule has 0 fully saturated rings. The number of ether oxygens (including phenoxy) is 2. The molecule has 0 saturated carbocycles. The molecule has 2 aromatic rings. The van der Waals surface area contributed by atoms with E-state index in [4.69, 9.17) is 4.74 Å². The minimum absolute atomic E-state index is 0.0954. The van der Waals surface area contributed by atoms with Crippen LogP contribution < -0.4 is 0 Å². The van der Waals surface area contributed by atoms with Crippen LogP contribution in [0.4, 0.5) is 0 Å². The summed E-state index contributed by atoms with van der Waals surface area (Å²) in [5.41, 5.74) is 3.73. The van der Waals surface area contributed by atoms with Crippen molar-refractivity contribution in [3.63, 3.8) is 0 Å². The number of methoxy groups -OCH3 is 2. The molecular formula is C17H22N2O4. The molecule has 0 unspecified atom stereocenters. The van der Waals surface area contributed by atoms with E-state index >= 15 is 0 Å². The maximum Gasteiger partial charge on any atom is 0.325 e. The Bertz CT molecular complexity index is 721. The summed E-state index contributed by atoms with van der Waals surface area (Å²) in [7, 11) is 2.86. The molecule has 124 valence electrons. The number of nitrogens with zero attached hydrogens (tertiary/aromatic N) is 1. The van der Waals surface area contributed by atoms with Crippen LogP contribution in [0.5, 0.6) is 0 Å². The monoisotopic (exact) mass is 318 g/mol. The Morgan fingerprint density at radius 1 is 1.22 bits per heavy atom. The number of aryl methyl sites for hydroxylation is 2. The van der Waals surface area contributed by atoms with Gasteiger partial charge in [0.2, 0.25) is 0 Å². The van der Waals surface area contributed by atoms with E-state index in [9.17, 15) is 9.59 Å². The average Bonchev–Trinajstić information content (AvgIpc) is 2.84. The van der Waals surface area contributed by atoms with Crippen molar-refractivity contribution in [3.05, 3.63) is 35.0 Å². The van der Waals surface area contributed by atoms with Crippen LogP contribution in [-0.4, -0.2) is 55.7 Å². The number of benzene rings is 1. The number of aromatic amines is 1. The fraction of sp³-hybridized carbons (Fsp3) is 0.412. The first kappa shape index (κ1) is 17.0. The summed E-state index contributed by atoms with van der Waals surface area (Å²) in [5, 5.41) is 1.01. The smallest absolute Gasteiger partial charge is 0.325 e. The first-order valence-electron chi connectivity index (χ1n) is 7.42. The molecule has 0 saturated heterocycles. The van der Waals surface area contributed by atoms with Crippen molar-refractivity contribution in [1.82, 2.24) is 9.88 Å². The van der Waals surface area contributed by atoms with Gasteiger partial charge in [-0.05, 0) is 37.6 Å². The molecule has 0 bridgehead atoms. The van der Waals surface area contributed by atoms with Crippen molar-refractivity contribution in [2.24, 2.45) is 0 Å². The second-order valence-electron chi connectivity index (χ2n) is 5.43. The predicted molar refractivity (Wildman–Crippen MR) is 87.6 cm³/mol. The highest BCUT2D eigenvalue weighted by atomic mass is 16.5. The molecule has 2 rings (SSSR count). The molecule has 0 radical (unpaired) electrons. The third-order valence-electron chi connectivity index (χ3n) is 3.96. The second kappa shape index (κ2) is 7.28. The fourth-order valence-electron chi connectivity index (χ4n) is 2.45. The average molecular weight is 318 g/mol. The summed E-state index contributed by atoms with van der Waals surface area (Å²) >= 11 is 0. The van der Waals surface area contributed by atoms with Crippen LogP contribution in [0.1, 0.15) is 21.6 Å². The number of aromatic nitrogens is 1. The molecule has 0 aliphatic heterocycles. The van der Waals surface area contributed by atoms with Gasteiger partial charge in [-0.15, -0.1) is 0 Å². The number of hydrogen-bond donors (Lipinski definition) is 1. The van der Waals surface area contributed by atoms with Gasteiger partial charge in [-0.25, -0.2) is 0 Å². The van der Waals surface area contributed by atoms with Crippen LogP contribution in [0.3, 0.4) is 0 Å². The van der Waals surface area contributed by atoms with Gasteiger partial charge < -0.3 is 19.4 Å². The van der Waals surface area contributed by atoms with E-state index in [1.807, 2.05) is 26.0 Å². The zero-order chi connectivity index (χ0) is 17.0. The Balaban J connectivity index is 2.30. The van der Waals surface area contributed by atoms with Crippen LogP contribution in [0.15, 0.2) is 18.2 Å². The lowest BCUT2D eigenvalue weighted by Gasteiger charge is -2.21. The number of carbonyl (C=O) groups is 2. The summed E-state index contributed by atoms with van der Waals surface area (Å²) in [5.74, 6) is -0.670. The second-order valence-corrected chi connectivity index (χ2v) is 5.43. The predicted octanol–water partition coefficient (Wildman–Crippen LogP) is 2.05. The van der Waals surface area contributed by atoms with E-state index < -0.39 is 5.97 Å². The van der Waals surface area contributed by atoms with Crippen molar-refractivity contribution >= 4 is 22.8 Å². The molecular weight excluding hydrogens is 296 g/mol. The van der Waals surface area contributed by atoms with Crippen LogP contribution in [0.25, 0.3) is 10.9 Å². The SMILES string of the molecule is COCCN(CC(=O)OC)C(=O)c1ccc2[nH]c(C)c(C)c2c1. The highest BCUT2D eigenvalue weighted by molar-refractivity contribution is 6.00. The van der Waals surface area contributed by atoms with Crippen molar-refractivity contribution < 1.29 is 19.1 Å². The van der Waals surface area contributed by atoms with Crippen molar-refractivity contribution in [3.8, 4) is 0 Å². The van der Waals surface area contributed by atoms with Gasteiger partial charge in [0.25, 0.3) is 5.91 Å². The molecule has 6 heteroatoms. The molecule has 1 aromatic carbocycles. The zero-order valence-electron chi connectivity index (χ0n) is 13.9. The van der Waals surface area contributed by atoms with E-state index in [0.29, 0.717) is 18.7 Å². The Labute approximate surface area is 135 Å². The highest BCUT2D eigenvalue weighted by Crippen LogP contribution is 2.23. The molecule has 0 atom stereocenters. The van der Waals surface area contributed by atoms with Crippen molar-refractivity contribution in [2.75, 3.05) is 33.9 Å². The third-order valence-corrected chi connectivity index (χ3v) is 3.96. The Morgan fingerprint density at radius 2 is 1.96 bits per heavy atom. The van der Waals surface area contributed by atoms with Gasteiger partial charge in [0.1, 0.15) is 6.54 Å². The van der Waals surface area contributed by atoms with Crippen molar-refractivity contribution in [2.45, 2.75) is 13.8 Å². The van der Waals surface area contributed by atoms with E-state index in [2.05, 4.69) is 9.72 Å². The third kappa shape index (κ3) is 3.71. The standard InChI is InChI=1S/C17H22N2O4/c1-11-12(2)18-15-6-5-13(9-14(11)15)17(21)19(7-8-22-3)10-16(20)23-4/h5-6,9,18H,7-8,10H2,1-4H3. The first-order valence-corrected chi connectivity index (χ1v) is 7.42. The van der Waals surface area contributed by atoms with Gasteiger partial charge in [0, 0.05) is 35.8 Å². The number of hydrogen-bond acceptors (Lipinski definition) is 4.